The van der Waals surface area contributed by atoms with E-state index in [0.29, 0.717) is 0 Å². The van der Waals surface area contributed by atoms with Crippen molar-refractivity contribution in [2.24, 2.45) is 0 Å². The number of para-hydroxylation sites is 1. The number of ether oxygens (including phenoxy) is 1. The molecule has 0 radical (unpaired) electrons. The summed E-state index contributed by atoms with van der Waals surface area (Å²) in [5.41, 5.74) is 1.12. The average Bonchev–Trinajstić information content (AvgIpc) is 2.32. The highest BCUT2D eigenvalue weighted by atomic mass is 16.5. The third-order valence-electron chi connectivity index (χ3n) is 2.31. The van der Waals surface area contributed by atoms with Crippen molar-refractivity contribution < 1.29 is 4.74 Å². The van der Waals surface area contributed by atoms with Gasteiger partial charge >= 0.3 is 0 Å². The number of nitrogens with one attached hydrogen (secondary N) is 1. The molecule has 0 spiro atoms. The van der Waals surface area contributed by atoms with Crippen molar-refractivity contribution in [3.05, 3.63) is 48.2 Å². The van der Waals surface area contributed by atoms with Crippen LogP contribution >= 0.6 is 0 Å². The number of aryl methyl sites for hydroxylation is 1. The lowest BCUT2D eigenvalue weighted by molar-refractivity contribution is 0.478. The second-order valence-corrected chi connectivity index (χ2v) is 3.49. The standard InChI is InChI=1S/C13H14N2O/c1-10-5-3-4-6-12(10)16-11-7-8-15-13(9-11)14-2/h3-9H,1-2H3,(H,14,15). The minimum absolute atomic E-state index is 0.786. The fraction of sp³-hybridized carbons (Fsp3) is 0.154. The molecule has 0 saturated carbocycles. The number of rotatable bonds is 3. The van der Waals surface area contributed by atoms with Crippen LogP contribution in [-0.2, 0) is 0 Å². The first-order valence-electron chi connectivity index (χ1n) is 5.17. The lowest BCUT2D eigenvalue weighted by atomic mass is 10.2. The molecule has 0 saturated heterocycles. The van der Waals surface area contributed by atoms with Crippen molar-refractivity contribution >= 4 is 5.82 Å². The summed E-state index contributed by atoms with van der Waals surface area (Å²) in [4.78, 5) is 4.13. The van der Waals surface area contributed by atoms with Crippen molar-refractivity contribution in [2.75, 3.05) is 12.4 Å². The summed E-state index contributed by atoms with van der Waals surface area (Å²) >= 11 is 0. The van der Waals surface area contributed by atoms with Crippen LogP contribution in [0.1, 0.15) is 5.56 Å². The fourth-order valence-electron chi connectivity index (χ4n) is 1.41. The van der Waals surface area contributed by atoms with Gasteiger partial charge in [0, 0.05) is 19.3 Å². The Bertz CT molecular complexity index is 483. The van der Waals surface area contributed by atoms with E-state index in [4.69, 9.17) is 4.74 Å². The van der Waals surface area contributed by atoms with E-state index in [-0.39, 0.29) is 0 Å². The van der Waals surface area contributed by atoms with E-state index in [2.05, 4.69) is 10.3 Å². The quantitative estimate of drug-likeness (QED) is 0.851. The van der Waals surface area contributed by atoms with Gasteiger partial charge in [-0.15, -0.1) is 0 Å². The molecule has 0 bridgehead atoms. The molecule has 2 aromatic rings. The Morgan fingerprint density at radius 2 is 2.00 bits per heavy atom. The Labute approximate surface area is 95.1 Å². The maximum Gasteiger partial charge on any atom is 0.132 e. The predicted octanol–water partition coefficient (Wildman–Crippen LogP) is 3.22. The zero-order valence-electron chi connectivity index (χ0n) is 9.40. The monoisotopic (exact) mass is 214 g/mol. The highest BCUT2D eigenvalue weighted by Gasteiger charge is 2.01. The molecule has 0 atom stereocenters. The number of benzene rings is 1. The van der Waals surface area contributed by atoms with Crippen molar-refractivity contribution in [2.45, 2.75) is 6.92 Å². The molecule has 0 aliphatic rings. The molecule has 0 aliphatic heterocycles. The summed E-state index contributed by atoms with van der Waals surface area (Å²) in [6.45, 7) is 2.02. The molecule has 1 aromatic carbocycles. The Morgan fingerprint density at radius 1 is 1.19 bits per heavy atom. The number of pyridine rings is 1. The van der Waals surface area contributed by atoms with Crippen LogP contribution in [0.4, 0.5) is 5.82 Å². The van der Waals surface area contributed by atoms with Crippen LogP contribution in [0.15, 0.2) is 42.6 Å². The van der Waals surface area contributed by atoms with Crippen LogP contribution < -0.4 is 10.1 Å². The molecule has 2 rings (SSSR count). The SMILES string of the molecule is CNc1cc(Oc2ccccc2C)ccn1. The van der Waals surface area contributed by atoms with Crippen LogP contribution in [0.3, 0.4) is 0 Å². The largest absolute Gasteiger partial charge is 0.457 e. The van der Waals surface area contributed by atoms with Gasteiger partial charge in [0.05, 0.1) is 0 Å². The highest BCUT2D eigenvalue weighted by Crippen LogP contribution is 2.25. The summed E-state index contributed by atoms with van der Waals surface area (Å²) < 4.78 is 5.77. The molecular formula is C13H14N2O. The third kappa shape index (κ3) is 2.31. The second-order valence-electron chi connectivity index (χ2n) is 3.49. The maximum absolute atomic E-state index is 5.77. The van der Waals surface area contributed by atoms with Crippen molar-refractivity contribution in [1.82, 2.24) is 4.98 Å². The lowest BCUT2D eigenvalue weighted by Gasteiger charge is -2.08. The van der Waals surface area contributed by atoms with Crippen molar-refractivity contribution in [3.63, 3.8) is 0 Å². The third-order valence-corrected chi connectivity index (χ3v) is 2.31. The van der Waals surface area contributed by atoms with Gasteiger partial charge < -0.3 is 10.1 Å². The molecule has 1 aromatic heterocycles. The van der Waals surface area contributed by atoms with Crippen LogP contribution in [0, 0.1) is 6.92 Å². The Balaban J connectivity index is 2.24. The van der Waals surface area contributed by atoms with E-state index in [9.17, 15) is 0 Å². The molecule has 1 N–H and O–H groups in total. The molecule has 1 heterocycles. The number of aromatic nitrogens is 1. The highest BCUT2D eigenvalue weighted by molar-refractivity contribution is 5.43. The molecular weight excluding hydrogens is 200 g/mol. The van der Waals surface area contributed by atoms with Gasteiger partial charge in [0.25, 0.3) is 0 Å². The minimum atomic E-state index is 0.786. The number of nitrogens with zero attached hydrogens (tertiary/aromatic N) is 1. The van der Waals surface area contributed by atoms with Gasteiger partial charge in [-0.25, -0.2) is 4.98 Å². The van der Waals surface area contributed by atoms with E-state index < -0.39 is 0 Å². The number of hydrogen-bond acceptors (Lipinski definition) is 3. The van der Waals surface area contributed by atoms with Gasteiger partial charge in [0.2, 0.25) is 0 Å². The first-order chi connectivity index (χ1) is 7.79. The Hall–Kier alpha value is -2.03. The van der Waals surface area contributed by atoms with E-state index in [0.717, 1.165) is 22.9 Å². The van der Waals surface area contributed by atoms with Crippen LogP contribution in [0.25, 0.3) is 0 Å². The van der Waals surface area contributed by atoms with E-state index >= 15 is 0 Å². The summed E-state index contributed by atoms with van der Waals surface area (Å²) in [6.07, 6.45) is 1.72. The van der Waals surface area contributed by atoms with Crippen LogP contribution in [0.2, 0.25) is 0 Å². The fourth-order valence-corrected chi connectivity index (χ4v) is 1.41. The molecule has 0 fully saturated rings. The van der Waals surface area contributed by atoms with Gasteiger partial charge in [-0.1, -0.05) is 18.2 Å². The Morgan fingerprint density at radius 3 is 2.75 bits per heavy atom. The molecule has 0 amide bonds. The smallest absolute Gasteiger partial charge is 0.132 e. The predicted molar refractivity (Wildman–Crippen MR) is 65.0 cm³/mol. The molecule has 3 heteroatoms. The van der Waals surface area contributed by atoms with E-state index in [1.165, 1.54) is 0 Å². The number of hydrogen-bond donors (Lipinski definition) is 1. The summed E-state index contributed by atoms with van der Waals surface area (Å²) in [6, 6.07) is 11.6. The molecule has 82 valence electrons. The summed E-state index contributed by atoms with van der Waals surface area (Å²) in [5.74, 6) is 2.45. The normalized spacial score (nSPS) is 9.88. The van der Waals surface area contributed by atoms with Gasteiger partial charge in [-0.3, -0.25) is 0 Å². The van der Waals surface area contributed by atoms with Gasteiger partial charge in [0.15, 0.2) is 0 Å². The van der Waals surface area contributed by atoms with Gasteiger partial charge in [-0.05, 0) is 24.6 Å². The lowest BCUT2D eigenvalue weighted by Crippen LogP contribution is -1.93. The molecule has 0 aliphatic carbocycles. The van der Waals surface area contributed by atoms with Gasteiger partial charge in [-0.2, -0.15) is 0 Å². The minimum Gasteiger partial charge on any atom is -0.457 e. The zero-order valence-corrected chi connectivity index (χ0v) is 9.40. The zero-order chi connectivity index (χ0) is 11.4. The first kappa shape index (κ1) is 10.5. The Kier molecular flexibility index (Phi) is 3.05. The van der Waals surface area contributed by atoms with Crippen molar-refractivity contribution in [3.8, 4) is 11.5 Å². The molecule has 3 nitrogen and oxygen atoms in total. The van der Waals surface area contributed by atoms with E-state index in [1.807, 2.05) is 50.4 Å². The topological polar surface area (TPSA) is 34.1 Å². The van der Waals surface area contributed by atoms with E-state index in [1.54, 1.807) is 6.20 Å². The van der Waals surface area contributed by atoms with Crippen LogP contribution in [-0.4, -0.2) is 12.0 Å². The van der Waals surface area contributed by atoms with Crippen molar-refractivity contribution in [1.29, 1.82) is 0 Å². The second kappa shape index (κ2) is 4.66. The summed E-state index contributed by atoms with van der Waals surface area (Å²) in [7, 11) is 1.83. The summed E-state index contributed by atoms with van der Waals surface area (Å²) in [5, 5.41) is 2.98. The van der Waals surface area contributed by atoms with Gasteiger partial charge in [0.1, 0.15) is 17.3 Å². The maximum atomic E-state index is 5.77. The molecule has 0 unspecified atom stereocenters. The van der Waals surface area contributed by atoms with Crippen LogP contribution in [0.5, 0.6) is 11.5 Å². The average molecular weight is 214 g/mol. The first-order valence-corrected chi connectivity index (χ1v) is 5.17. The number of anilines is 1. The molecule has 16 heavy (non-hydrogen) atoms.